The molecule has 2 aromatic carbocycles. The van der Waals surface area contributed by atoms with Crippen LogP contribution in [0.25, 0.3) is 11.1 Å². The highest BCUT2D eigenvalue weighted by molar-refractivity contribution is 6.06. The fourth-order valence-electron chi connectivity index (χ4n) is 2.59. The average molecular weight is 276 g/mol. The molecule has 0 amide bonds. The highest BCUT2D eigenvalue weighted by Gasteiger charge is 2.30. The number of carbonyl (C=O) groups excluding carboxylic acids is 1. The first-order valence-corrected chi connectivity index (χ1v) is 6.29. The van der Waals surface area contributed by atoms with E-state index in [0.29, 0.717) is 24.0 Å². The Morgan fingerprint density at radius 2 is 1.60 bits per heavy atom. The van der Waals surface area contributed by atoms with E-state index in [0.717, 1.165) is 23.3 Å². The number of fused-ring (bicyclic) bond motifs is 1. The van der Waals surface area contributed by atoms with Crippen LogP contribution in [0.4, 0.5) is 13.2 Å². The van der Waals surface area contributed by atoms with Gasteiger partial charge in [0.25, 0.3) is 0 Å². The number of benzene rings is 2. The zero-order valence-electron chi connectivity index (χ0n) is 10.5. The summed E-state index contributed by atoms with van der Waals surface area (Å²) in [6, 6.07) is 10.5. The van der Waals surface area contributed by atoms with Crippen molar-refractivity contribution < 1.29 is 18.0 Å². The summed E-state index contributed by atoms with van der Waals surface area (Å²) in [5, 5.41) is 0. The first kappa shape index (κ1) is 12.9. The number of Topliss-reactive ketones (excluding diaryl/α,β-unsaturated/α-hetero) is 1. The molecule has 0 saturated carbocycles. The molecule has 102 valence electrons. The average Bonchev–Trinajstić information content (AvgIpc) is 2.80. The summed E-state index contributed by atoms with van der Waals surface area (Å²) < 4.78 is 37.6. The topological polar surface area (TPSA) is 17.1 Å². The molecule has 3 rings (SSSR count). The molecule has 0 unspecified atom stereocenters. The molecule has 0 aliphatic heterocycles. The van der Waals surface area contributed by atoms with Gasteiger partial charge in [0.1, 0.15) is 0 Å². The van der Waals surface area contributed by atoms with Gasteiger partial charge in [-0.15, -0.1) is 0 Å². The first-order chi connectivity index (χ1) is 9.47. The van der Waals surface area contributed by atoms with Crippen LogP contribution in [0, 0.1) is 0 Å². The van der Waals surface area contributed by atoms with Crippen LogP contribution in [-0.4, -0.2) is 5.78 Å². The highest BCUT2D eigenvalue weighted by atomic mass is 19.4. The van der Waals surface area contributed by atoms with E-state index in [1.54, 1.807) is 6.07 Å². The second-order valence-corrected chi connectivity index (χ2v) is 4.84. The van der Waals surface area contributed by atoms with E-state index in [4.69, 9.17) is 0 Å². The van der Waals surface area contributed by atoms with Crippen LogP contribution >= 0.6 is 0 Å². The van der Waals surface area contributed by atoms with Gasteiger partial charge in [0, 0.05) is 12.0 Å². The number of alkyl halides is 3. The van der Waals surface area contributed by atoms with Gasteiger partial charge in [0.2, 0.25) is 0 Å². The summed E-state index contributed by atoms with van der Waals surface area (Å²) in [4.78, 5) is 11.9. The zero-order valence-corrected chi connectivity index (χ0v) is 10.5. The molecule has 0 spiro atoms. The number of hydrogen-bond acceptors (Lipinski definition) is 1. The van der Waals surface area contributed by atoms with E-state index in [1.165, 1.54) is 12.1 Å². The van der Waals surface area contributed by atoms with Crippen molar-refractivity contribution in [1.82, 2.24) is 0 Å². The molecule has 0 atom stereocenters. The van der Waals surface area contributed by atoms with Gasteiger partial charge in [-0.1, -0.05) is 30.3 Å². The van der Waals surface area contributed by atoms with Crippen LogP contribution in [0.3, 0.4) is 0 Å². The number of carbonyl (C=O) groups is 1. The molecule has 0 N–H and O–H groups in total. The van der Waals surface area contributed by atoms with E-state index in [2.05, 4.69) is 0 Å². The molecule has 4 heteroatoms. The van der Waals surface area contributed by atoms with Crippen LogP contribution in [-0.2, 0) is 12.6 Å². The summed E-state index contributed by atoms with van der Waals surface area (Å²) in [6.45, 7) is 0. The second-order valence-electron chi connectivity index (χ2n) is 4.84. The van der Waals surface area contributed by atoms with E-state index in [1.807, 2.05) is 12.1 Å². The predicted molar refractivity (Wildman–Crippen MR) is 69.5 cm³/mol. The Labute approximate surface area is 114 Å². The number of rotatable bonds is 1. The summed E-state index contributed by atoms with van der Waals surface area (Å²) in [7, 11) is 0. The maximum atomic E-state index is 12.5. The van der Waals surface area contributed by atoms with E-state index < -0.39 is 11.7 Å². The molecule has 1 aliphatic rings. The number of hydrogen-bond donors (Lipinski definition) is 0. The Bertz CT molecular complexity index is 669. The minimum atomic E-state index is -4.34. The lowest BCUT2D eigenvalue weighted by molar-refractivity contribution is -0.137. The van der Waals surface area contributed by atoms with Gasteiger partial charge >= 0.3 is 6.18 Å². The summed E-state index contributed by atoms with van der Waals surface area (Å²) in [5.74, 6) is 0.0653. The molecule has 2 aromatic rings. The Hall–Kier alpha value is -2.10. The van der Waals surface area contributed by atoms with Crippen molar-refractivity contribution in [3.8, 4) is 11.1 Å². The standard InChI is InChI=1S/C16H11F3O/c17-16(18,19)12-7-4-10(5-8-12)13-3-1-2-11-6-9-14(20)15(11)13/h1-5,7-8H,6,9H2. The van der Waals surface area contributed by atoms with Crippen LogP contribution < -0.4 is 0 Å². The smallest absolute Gasteiger partial charge is 0.294 e. The first-order valence-electron chi connectivity index (χ1n) is 6.29. The molecule has 0 heterocycles. The Morgan fingerprint density at radius 3 is 2.25 bits per heavy atom. The Morgan fingerprint density at radius 1 is 0.900 bits per heavy atom. The van der Waals surface area contributed by atoms with Crippen molar-refractivity contribution in [1.29, 1.82) is 0 Å². The van der Waals surface area contributed by atoms with Crippen molar-refractivity contribution in [2.45, 2.75) is 19.0 Å². The molecule has 0 saturated heterocycles. The van der Waals surface area contributed by atoms with Gasteiger partial charge in [-0.25, -0.2) is 0 Å². The lowest BCUT2D eigenvalue weighted by atomic mass is 9.96. The number of halogens is 3. The van der Waals surface area contributed by atoms with E-state index in [9.17, 15) is 18.0 Å². The largest absolute Gasteiger partial charge is 0.416 e. The van der Waals surface area contributed by atoms with Gasteiger partial charge < -0.3 is 0 Å². The van der Waals surface area contributed by atoms with Crippen molar-refractivity contribution in [3.05, 3.63) is 59.2 Å². The third-order valence-corrected chi connectivity index (χ3v) is 3.57. The van der Waals surface area contributed by atoms with Crippen molar-refractivity contribution in [2.24, 2.45) is 0 Å². The summed E-state index contributed by atoms with van der Waals surface area (Å²) in [5.41, 5.74) is 2.32. The van der Waals surface area contributed by atoms with Crippen LogP contribution in [0.15, 0.2) is 42.5 Å². The molecule has 1 nitrogen and oxygen atoms in total. The molecule has 0 aromatic heterocycles. The fourth-order valence-corrected chi connectivity index (χ4v) is 2.59. The van der Waals surface area contributed by atoms with Crippen LogP contribution in [0.2, 0.25) is 0 Å². The Kier molecular flexibility index (Phi) is 2.89. The van der Waals surface area contributed by atoms with E-state index in [-0.39, 0.29) is 5.78 Å². The number of ketones is 1. The third kappa shape index (κ3) is 2.11. The zero-order chi connectivity index (χ0) is 14.3. The highest BCUT2D eigenvalue weighted by Crippen LogP contribution is 2.34. The normalized spacial score (nSPS) is 14.4. The molecular formula is C16H11F3O. The lowest BCUT2D eigenvalue weighted by Crippen LogP contribution is -2.04. The second kappa shape index (κ2) is 4.47. The predicted octanol–water partition coefficient (Wildman–Crippen LogP) is 4.50. The molecule has 1 aliphatic carbocycles. The Balaban J connectivity index is 2.07. The van der Waals surface area contributed by atoms with Crippen LogP contribution in [0.5, 0.6) is 0 Å². The van der Waals surface area contributed by atoms with E-state index >= 15 is 0 Å². The minimum Gasteiger partial charge on any atom is -0.294 e. The van der Waals surface area contributed by atoms with Crippen molar-refractivity contribution in [3.63, 3.8) is 0 Å². The summed E-state index contributed by atoms with van der Waals surface area (Å²) in [6.07, 6.45) is -3.15. The van der Waals surface area contributed by atoms with Gasteiger partial charge in [0.05, 0.1) is 5.56 Å². The monoisotopic (exact) mass is 276 g/mol. The number of aryl methyl sites for hydroxylation is 1. The minimum absolute atomic E-state index is 0.0653. The fraction of sp³-hybridized carbons (Fsp3) is 0.188. The van der Waals surface area contributed by atoms with Crippen molar-refractivity contribution >= 4 is 5.78 Å². The van der Waals surface area contributed by atoms with Gasteiger partial charge in [-0.05, 0) is 35.2 Å². The van der Waals surface area contributed by atoms with Crippen molar-refractivity contribution in [2.75, 3.05) is 0 Å². The molecule has 0 bridgehead atoms. The molecule has 0 fully saturated rings. The maximum absolute atomic E-state index is 12.5. The quantitative estimate of drug-likeness (QED) is 0.749. The van der Waals surface area contributed by atoms with Gasteiger partial charge in [-0.2, -0.15) is 13.2 Å². The van der Waals surface area contributed by atoms with Gasteiger partial charge in [0.15, 0.2) is 5.78 Å². The lowest BCUT2D eigenvalue weighted by Gasteiger charge is -2.10. The third-order valence-electron chi connectivity index (χ3n) is 3.57. The maximum Gasteiger partial charge on any atom is 0.416 e. The molecule has 20 heavy (non-hydrogen) atoms. The van der Waals surface area contributed by atoms with Crippen LogP contribution in [0.1, 0.15) is 27.9 Å². The summed E-state index contributed by atoms with van der Waals surface area (Å²) >= 11 is 0. The molecule has 0 radical (unpaired) electrons. The van der Waals surface area contributed by atoms with Gasteiger partial charge in [-0.3, -0.25) is 4.79 Å². The SMILES string of the molecule is O=C1CCc2cccc(-c3ccc(C(F)(F)F)cc3)c21. The molecular weight excluding hydrogens is 265 g/mol.